The lowest BCUT2D eigenvalue weighted by atomic mass is 9.99. The number of rotatable bonds is 3. The molecule has 0 aliphatic carbocycles. The normalized spacial score (nSPS) is 13.0. The summed E-state index contributed by atoms with van der Waals surface area (Å²) in [7, 11) is 0. The first kappa shape index (κ1) is 15.6. The van der Waals surface area contributed by atoms with Crippen LogP contribution < -0.4 is 10.5 Å². The van der Waals surface area contributed by atoms with Crippen LogP contribution in [0, 0.1) is 5.82 Å². The molecule has 2 rings (SSSR count). The number of nitrogens with two attached hydrogens (primary N) is 1. The highest BCUT2D eigenvalue weighted by Crippen LogP contribution is 2.27. The maximum absolute atomic E-state index is 13.4. The van der Waals surface area contributed by atoms with Crippen molar-refractivity contribution in [3.05, 3.63) is 64.4 Å². The van der Waals surface area contributed by atoms with Crippen LogP contribution in [-0.2, 0) is 0 Å². The van der Waals surface area contributed by atoms with Crippen molar-refractivity contribution in [3.63, 3.8) is 0 Å². The van der Waals surface area contributed by atoms with Crippen molar-refractivity contribution in [1.29, 1.82) is 0 Å². The third-order valence-corrected chi connectivity index (χ3v) is 3.08. The van der Waals surface area contributed by atoms with E-state index in [9.17, 15) is 17.6 Å². The Kier molecular flexibility index (Phi) is 4.39. The Balaban J connectivity index is 2.19. The lowest BCUT2D eigenvalue weighted by Gasteiger charge is -2.14. The van der Waals surface area contributed by atoms with Gasteiger partial charge in [0.2, 0.25) is 0 Å². The number of benzene rings is 2. The lowest BCUT2D eigenvalue weighted by molar-refractivity contribution is -0.274. The summed E-state index contributed by atoms with van der Waals surface area (Å²) < 4.78 is 53.3. The summed E-state index contributed by atoms with van der Waals surface area (Å²) in [4.78, 5) is 0. The van der Waals surface area contributed by atoms with Gasteiger partial charge in [-0.15, -0.1) is 13.2 Å². The zero-order valence-corrected chi connectivity index (χ0v) is 11.3. The van der Waals surface area contributed by atoms with E-state index < -0.39 is 18.2 Å². The number of hydrogen-bond acceptors (Lipinski definition) is 2. The molecule has 0 fully saturated rings. The van der Waals surface area contributed by atoms with Gasteiger partial charge in [0.05, 0.1) is 11.1 Å². The molecule has 2 nitrogen and oxygen atoms in total. The predicted molar refractivity (Wildman–Crippen MR) is 70.6 cm³/mol. The predicted octanol–water partition coefficient (Wildman–Crippen LogP) is 4.43. The Morgan fingerprint density at radius 3 is 2.10 bits per heavy atom. The average Bonchev–Trinajstić information content (AvgIpc) is 2.40. The van der Waals surface area contributed by atoms with E-state index in [0.717, 1.165) is 12.1 Å². The Bertz CT molecular complexity index is 628. The van der Waals surface area contributed by atoms with Crippen LogP contribution in [-0.4, -0.2) is 6.36 Å². The lowest BCUT2D eigenvalue weighted by Crippen LogP contribution is -2.17. The molecule has 21 heavy (non-hydrogen) atoms. The zero-order chi connectivity index (χ0) is 15.6. The highest BCUT2D eigenvalue weighted by molar-refractivity contribution is 6.30. The van der Waals surface area contributed by atoms with Gasteiger partial charge in [0, 0.05) is 0 Å². The molecule has 0 spiro atoms. The van der Waals surface area contributed by atoms with Crippen LogP contribution >= 0.6 is 11.6 Å². The van der Waals surface area contributed by atoms with Gasteiger partial charge in [0.25, 0.3) is 0 Å². The van der Waals surface area contributed by atoms with Gasteiger partial charge in [-0.05, 0) is 35.4 Å². The molecule has 0 amide bonds. The highest BCUT2D eigenvalue weighted by Gasteiger charge is 2.31. The molecular weight excluding hydrogens is 310 g/mol. The first-order valence-electron chi connectivity index (χ1n) is 5.82. The molecular formula is C14H10ClF4NO. The van der Waals surface area contributed by atoms with E-state index in [1.807, 2.05) is 0 Å². The highest BCUT2D eigenvalue weighted by atomic mass is 35.5. The van der Waals surface area contributed by atoms with Gasteiger partial charge in [-0.25, -0.2) is 4.39 Å². The van der Waals surface area contributed by atoms with Gasteiger partial charge in [-0.1, -0.05) is 29.8 Å². The molecule has 0 aliphatic heterocycles. The van der Waals surface area contributed by atoms with Crippen molar-refractivity contribution < 1.29 is 22.3 Å². The van der Waals surface area contributed by atoms with Crippen molar-refractivity contribution in [2.75, 3.05) is 0 Å². The molecule has 0 aromatic heterocycles. The van der Waals surface area contributed by atoms with Gasteiger partial charge >= 0.3 is 6.36 Å². The van der Waals surface area contributed by atoms with E-state index in [1.54, 1.807) is 6.07 Å². The van der Waals surface area contributed by atoms with Gasteiger partial charge in [0.15, 0.2) is 0 Å². The van der Waals surface area contributed by atoms with Crippen LogP contribution in [0.3, 0.4) is 0 Å². The molecule has 0 bridgehead atoms. The molecule has 1 atom stereocenters. The van der Waals surface area contributed by atoms with E-state index in [4.69, 9.17) is 17.3 Å². The quantitative estimate of drug-likeness (QED) is 0.850. The third-order valence-electron chi connectivity index (χ3n) is 2.78. The van der Waals surface area contributed by atoms with E-state index in [-0.39, 0.29) is 10.8 Å². The first-order chi connectivity index (χ1) is 9.76. The summed E-state index contributed by atoms with van der Waals surface area (Å²) in [5.41, 5.74) is 6.92. The summed E-state index contributed by atoms with van der Waals surface area (Å²) in [6, 6.07) is 8.49. The fourth-order valence-electron chi connectivity index (χ4n) is 1.78. The van der Waals surface area contributed by atoms with Gasteiger partial charge < -0.3 is 10.5 Å². The monoisotopic (exact) mass is 319 g/mol. The smallest absolute Gasteiger partial charge is 0.406 e. The zero-order valence-electron chi connectivity index (χ0n) is 10.5. The minimum atomic E-state index is -4.75. The number of alkyl halides is 3. The van der Waals surface area contributed by atoms with Crippen molar-refractivity contribution in [2.24, 2.45) is 5.73 Å². The molecule has 0 aliphatic rings. The Hall–Kier alpha value is -1.79. The minimum absolute atomic E-state index is 0.0279. The number of hydrogen-bond donors (Lipinski definition) is 1. The van der Waals surface area contributed by atoms with Crippen LogP contribution in [0.15, 0.2) is 42.5 Å². The number of halogens is 5. The maximum atomic E-state index is 13.4. The molecule has 2 N–H and O–H groups in total. The Morgan fingerprint density at radius 2 is 1.57 bits per heavy atom. The van der Waals surface area contributed by atoms with E-state index in [2.05, 4.69) is 4.74 Å². The first-order valence-corrected chi connectivity index (χ1v) is 6.20. The van der Waals surface area contributed by atoms with Crippen molar-refractivity contribution >= 4 is 11.6 Å². The van der Waals surface area contributed by atoms with Crippen molar-refractivity contribution in [1.82, 2.24) is 0 Å². The molecule has 0 radical (unpaired) electrons. The van der Waals surface area contributed by atoms with E-state index in [0.29, 0.717) is 11.1 Å². The second-order valence-electron chi connectivity index (χ2n) is 4.27. The van der Waals surface area contributed by atoms with Crippen LogP contribution in [0.2, 0.25) is 5.02 Å². The molecule has 0 unspecified atom stereocenters. The summed E-state index contributed by atoms with van der Waals surface area (Å²) in [5.74, 6) is -0.956. The molecule has 0 saturated carbocycles. The summed E-state index contributed by atoms with van der Waals surface area (Å²) in [5, 5.41) is -0.0279. The third kappa shape index (κ3) is 4.09. The van der Waals surface area contributed by atoms with Crippen LogP contribution in [0.1, 0.15) is 17.2 Å². The molecule has 0 saturated heterocycles. The second kappa shape index (κ2) is 5.91. The summed E-state index contributed by atoms with van der Waals surface area (Å²) in [6.45, 7) is 0. The molecule has 7 heteroatoms. The van der Waals surface area contributed by atoms with Gasteiger partial charge in [-0.3, -0.25) is 0 Å². The van der Waals surface area contributed by atoms with Crippen molar-refractivity contribution in [2.45, 2.75) is 12.4 Å². The number of ether oxygens (including phenoxy) is 1. The summed E-state index contributed by atoms with van der Waals surface area (Å²) in [6.07, 6.45) is -4.75. The van der Waals surface area contributed by atoms with Crippen LogP contribution in [0.25, 0.3) is 0 Å². The van der Waals surface area contributed by atoms with Crippen LogP contribution in [0.4, 0.5) is 17.6 Å². The maximum Gasteiger partial charge on any atom is 0.573 e. The second-order valence-corrected chi connectivity index (χ2v) is 4.68. The Morgan fingerprint density at radius 1 is 1.00 bits per heavy atom. The minimum Gasteiger partial charge on any atom is -0.406 e. The molecule has 2 aromatic carbocycles. The van der Waals surface area contributed by atoms with Gasteiger partial charge in [-0.2, -0.15) is 0 Å². The standard InChI is InChI=1S/C14H10ClF4NO/c15-11-6-3-9(7-12(11)16)13(20)8-1-4-10(5-2-8)21-14(17,18)19/h1-7,13H,20H2/t13-/m1/s1. The Labute approximate surface area is 123 Å². The van der Waals surface area contributed by atoms with Gasteiger partial charge in [0.1, 0.15) is 11.6 Å². The largest absolute Gasteiger partial charge is 0.573 e. The molecule has 112 valence electrons. The molecule has 0 heterocycles. The molecule has 2 aromatic rings. The van der Waals surface area contributed by atoms with Crippen LogP contribution in [0.5, 0.6) is 5.75 Å². The van der Waals surface area contributed by atoms with E-state index in [1.165, 1.54) is 24.3 Å². The average molecular weight is 320 g/mol. The topological polar surface area (TPSA) is 35.2 Å². The van der Waals surface area contributed by atoms with E-state index >= 15 is 0 Å². The summed E-state index contributed by atoms with van der Waals surface area (Å²) >= 11 is 5.57. The SMILES string of the molecule is N[C@H](c1ccc(OC(F)(F)F)cc1)c1ccc(Cl)c(F)c1. The fourth-order valence-corrected chi connectivity index (χ4v) is 1.89. The van der Waals surface area contributed by atoms with Crippen molar-refractivity contribution in [3.8, 4) is 5.75 Å². The fraction of sp³-hybridized carbons (Fsp3) is 0.143.